The number of fused-ring (bicyclic) bond motifs is 4. The maximum Gasteiger partial charge on any atom is 0.274 e. The van der Waals surface area contributed by atoms with E-state index in [1.54, 1.807) is 6.92 Å². The van der Waals surface area contributed by atoms with Gasteiger partial charge in [-0.05, 0) is 6.92 Å². The van der Waals surface area contributed by atoms with Crippen LogP contribution in [0.1, 0.15) is 52.2 Å². The molecule has 2 atom stereocenters. The van der Waals surface area contributed by atoms with Gasteiger partial charge in [-0.1, -0.05) is 5.16 Å². The number of hydrogen-bond acceptors (Lipinski definition) is 8. The lowest BCUT2D eigenvalue weighted by atomic mass is 10.0. The highest BCUT2D eigenvalue weighted by molar-refractivity contribution is 5.99. The highest BCUT2D eigenvalue weighted by atomic mass is 19.1. The highest BCUT2D eigenvalue weighted by Gasteiger charge is 2.38. The van der Waals surface area contributed by atoms with E-state index in [1.807, 2.05) is 0 Å². The molecule has 12 nitrogen and oxygen atoms in total. The summed E-state index contributed by atoms with van der Waals surface area (Å²) >= 11 is 0. The second-order valence-electron chi connectivity index (χ2n) is 9.12. The zero-order valence-electron chi connectivity index (χ0n) is 20.5. The maximum atomic E-state index is 14.0. The number of oxime groups is 1. The quantitative estimate of drug-likeness (QED) is 0.508. The molecule has 39 heavy (non-hydrogen) atoms. The number of hydrogen-bond donors (Lipinski definition) is 2. The average Bonchev–Trinajstić information content (AvgIpc) is 3.42. The SMILES string of the molecule is C[C@H]1CCO/N=C(/n2nccn2)C[C@H]2CN1C(=O)c1c(O)c(=O)c(C(=O)NCc3c(F)cc(F)cc3F)cn12. The summed E-state index contributed by atoms with van der Waals surface area (Å²) in [5.74, 6) is -5.94. The van der Waals surface area contributed by atoms with Crippen molar-refractivity contribution >= 4 is 17.6 Å². The summed E-state index contributed by atoms with van der Waals surface area (Å²) in [7, 11) is 0. The Morgan fingerprint density at radius 1 is 1.18 bits per heavy atom. The lowest BCUT2D eigenvalue weighted by molar-refractivity contribution is 0.0494. The fraction of sp³-hybridized carbons (Fsp3) is 0.333. The summed E-state index contributed by atoms with van der Waals surface area (Å²) < 4.78 is 42.6. The Labute approximate surface area is 218 Å². The first-order valence-electron chi connectivity index (χ1n) is 11.9. The Kier molecular flexibility index (Phi) is 6.80. The Bertz CT molecular complexity index is 1520. The normalized spacial score (nSPS) is 20.5. The standard InChI is InChI=1S/C24H22F3N7O5/c1-12-2-5-39-31-19(34-29-3-4-30-34)8-14-10-32(12)24(38)20-22(36)21(35)16(11-33(14)20)23(37)28-9-15-17(26)6-13(25)7-18(15)27/h3-4,6-7,11-12,14,36H,2,5,8-10H2,1H3,(H,28,37)/b31-19+/t12-,14-/m0/s1. The molecule has 2 bridgehead atoms. The van der Waals surface area contributed by atoms with Gasteiger partial charge in [0, 0.05) is 55.9 Å². The van der Waals surface area contributed by atoms with Crippen LogP contribution in [0.5, 0.6) is 5.75 Å². The Balaban J connectivity index is 1.53. The first-order valence-corrected chi connectivity index (χ1v) is 11.9. The summed E-state index contributed by atoms with van der Waals surface area (Å²) in [5.41, 5.74) is -2.65. The van der Waals surface area contributed by atoms with E-state index >= 15 is 0 Å². The van der Waals surface area contributed by atoms with Crippen molar-refractivity contribution < 1.29 is 32.7 Å². The second-order valence-corrected chi connectivity index (χ2v) is 9.12. The fourth-order valence-corrected chi connectivity index (χ4v) is 4.58. The summed E-state index contributed by atoms with van der Waals surface area (Å²) in [4.78, 5) is 47.4. The van der Waals surface area contributed by atoms with Crippen LogP contribution in [0, 0.1) is 17.5 Å². The molecule has 0 saturated heterocycles. The molecule has 2 aromatic heterocycles. The number of nitrogens with one attached hydrogen (secondary N) is 1. The van der Waals surface area contributed by atoms with Crippen molar-refractivity contribution in [3.8, 4) is 5.75 Å². The predicted molar refractivity (Wildman–Crippen MR) is 127 cm³/mol. The van der Waals surface area contributed by atoms with Gasteiger partial charge in [0.05, 0.1) is 18.4 Å². The van der Waals surface area contributed by atoms with Crippen LogP contribution in [0.3, 0.4) is 0 Å². The number of amides is 2. The molecule has 1 aromatic carbocycles. The molecule has 0 spiro atoms. The van der Waals surface area contributed by atoms with E-state index in [0.717, 1.165) is 6.20 Å². The number of benzene rings is 1. The number of rotatable bonds is 3. The van der Waals surface area contributed by atoms with Crippen molar-refractivity contribution in [2.24, 2.45) is 5.16 Å². The third-order valence-electron chi connectivity index (χ3n) is 6.65. The molecule has 15 heteroatoms. The number of pyridine rings is 1. The monoisotopic (exact) mass is 545 g/mol. The van der Waals surface area contributed by atoms with Gasteiger partial charge in [0.1, 0.15) is 29.6 Å². The predicted octanol–water partition coefficient (Wildman–Crippen LogP) is 1.55. The lowest BCUT2D eigenvalue weighted by Gasteiger charge is -2.40. The number of aromatic nitrogens is 4. The molecule has 204 valence electrons. The fourth-order valence-electron chi connectivity index (χ4n) is 4.58. The minimum absolute atomic E-state index is 0.0769. The summed E-state index contributed by atoms with van der Waals surface area (Å²) in [6, 6.07) is -0.0542. The van der Waals surface area contributed by atoms with Gasteiger partial charge in [0.25, 0.3) is 11.8 Å². The molecule has 0 unspecified atom stereocenters. The first kappa shape index (κ1) is 25.9. The molecular formula is C24H22F3N7O5. The van der Waals surface area contributed by atoms with Crippen LogP contribution in [0.25, 0.3) is 0 Å². The van der Waals surface area contributed by atoms with E-state index in [0.29, 0.717) is 18.6 Å². The molecule has 3 aromatic rings. The van der Waals surface area contributed by atoms with E-state index < -0.39 is 64.2 Å². The van der Waals surface area contributed by atoms with Crippen molar-refractivity contribution in [1.82, 2.24) is 29.8 Å². The smallest absolute Gasteiger partial charge is 0.274 e. The molecule has 2 amide bonds. The Hall–Kier alpha value is -4.69. The molecule has 2 aliphatic heterocycles. The topological polar surface area (TPSA) is 144 Å². The molecule has 0 aliphatic carbocycles. The van der Waals surface area contributed by atoms with Gasteiger partial charge in [-0.25, -0.2) is 13.2 Å². The van der Waals surface area contributed by atoms with Crippen LogP contribution in [0.4, 0.5) is 13.2 Å². The van der Waals surface area contributed by atoms with Crippen molar-refractivity contribution in [2.75, 3.05) is 13.2 Å². The summed E-state index contributed by atoms with van der Waals surface area (Å²) in [6.45, 7) is 1.42. The van der Waals surface area contributed by atoms with E-state index in [4.69, 9.17) is 4.84 Å². The van der Waals surface area contributed by atoms with Gasteiger partial charge in [-0.15, -0.1) is 4.80 Å². The van der Waals surface area contributed by atoms with E-state index in [-0.39, 0.29) is 37.1 Å². The minimum Gasteiger partial charge on any atom is -0.503 e. The van der Waals surface area contributed by atoms with E-state index in [1.165, 1.54) is 26.7 Å². The van der Waals surface area contributed by atoms with Crippen molar-refractivity contribution in [3.63, 3.8) is 0 Å². The van der Waals surface area contributed by atoms with Crippen molar-refractivity contribution in [2.45, 2.75) is 38.4 Å². The maximum absolute atomic E-state index is 14.0. The van der Waals surface area contributed by atoms with Crippen LogP contribution >= 0.6 is 0 Å². The average molecular weight is 545 g/mol. The van der Waals surface area contributed by atoms with Gasteiger partial charge in [-0.2, -0.15) is 10.2 Å². The van der Waals surface area contributed by atoms with Crippen LogP contribution in [0.15, 0.2) is 40.7 Å². The summed E-state index contributed by atoms with van der Waals surface area (Å²) in [6.07, 6.45) is 4.46. The van der Waals surface area contributed by atoms with Crippen LogP contribution in [0.2, 0.25) is 0 Å². The Morgan fingerprint density at radius 3 is 2.56 bits per heavy atom. The lowest BCUT2D eigenvalue weighted by Crippen LogP contribution is -2.50. The van der Waals surface area contributed by atoms with Gasteiger partial charge < -0.3 is 24.7 Å². The van der Waals surface area contributed by atoms with Gasteiger partial charge >= 0.3 is 0 Å². The molecule has 0 saturated carbocycles. The van der Waals surface area contributed by atoms with Crippen molar-refractivity contribution in [3.05, 3.63) is 75.2 Å². The van der Waals surface area contributed by atoms with Crippen molar-refractivity contribution in [1.29, 1.82) is 0 Å². The zero-order chi connectivity index (χ0) is 27.8. The van der Waals surface area contributed by atoms with Gasteiger partial charge in [-0.3, -0.25) is 14.4 Å². The molecule has 2 aliphatic rings. The molecule has 5 rings (SSSR count). The molecule has 0 fully saturated rings. The number of halogens is 3. The molecule has 4 heterocycles. The molecule has 2 N–H and O–H groups in total. The second kappa shape index (κ2) is 10.2. The van der Waals surface area contributed by atoms with Crippen LogP contribution < -0.4 is 10.7 Å². The minimum atomic E-state index is -1.22. The van der Waals surface area contributed by atoms with Gasteiger partial charge in [0.15, 0.2) is 17.3 Å². The first-order chi connectivity index (χ1) is 18.7. The number of nitrogens with zero attached hydrogens (tertiary/aromatic N) is 6. The van der Waals surface area contributed by atoms with Crippen LogP contribution in [-0.4, -0.2) is 66.4 Å². The number of carbonyl (C=O) groups is 2. The number of carbonyl (C=O) groups excluding carboxylic acids is 2. The largest absolute Gasteiger partial charge is 0.503 e. The van der Waals surface area contributed by atoms with Crippen LogP contribution in [-0.2, 0) is 11.4 Å². The summed E-state index contributed by atoms with van der Waals surface area (Å²) in [5, 5.41) is 25.3. The third kappa shape index (κ3) is 4.82. The van der Waals surface area contributed by atoms with E-state index in [2.05, 4.69) is 20.7 Å². The third-order valence-corrected chi connectivity index (χ3v) is 6.65. The molecule has 0 radical (unpaired) electrons. The number of aromatic hydroxyl groups is 1. The Morgan fingerprint density at radius 2 is 1.87 bits per heavy atom. The molecular weight excluding hydrogens is 523 g/mol. The highest BCUT2D eigenvalue weighted by Crippen LogP contribution is 2.31. The van der Waals surface area contributed by atoms with E-state index in [9.17, 15) is 32.7 Å². The van der Waals surface area contributed by atoms with Gasteiger partial charge in [0.2, 0.25) is 5.43 Å². The zero-order valence-corrected chi connectivity index (χ0v) is 20.5.